The van der Waals surface area contributed by atoms with Gasteiger partial charge in [-0.3, -0.25) is 4.68 Å². The third kappa shape index (κ3) is 3.08. The van der Waals surface area contributed by atoms with Gasteiger partial charge in [0, 0.05) is 31.1 Å². The molecule has 2 fully saturated rings. The van der Waals surface area contributed by atoms with E-state index in [4.69, 9.17) is 15.5 Å². The monoisotopic (exact) mass is 379 g/mol. The van der Waals surface area contributed by atoms with Gasteiger partial charge in [0.2, 0.25) is 5.95 Å². The molecule has 0 radical (unpaired) electrons. The number of hydrogen-bond acceptors (Lipinski definition) is 7. The second-order valence-corrected chi connectivity index (χ2v) is 8.04. The number of benzene rings is 1. The van der Waals surface area contributed by atoms with Crippen LogP contribution in [0.2, 0.25) is 0 Å². The molecule has 28 heavy (non-hydrogen) atoms. The number of aromatic nitrogens is 4. The topological polar surface area (TPSA) is 103 Å². The fraction of sp³-hybridized carbons (Fsp3) is 0.450. The average Bonchev–Trinajstić information content (AvgIpc) is 3.02. The molecule has 1 saturated carbocycles. The number of anilines is 2. The van der Waals surface area contributed by atoms with Gasteiger partial charge in [0.25, 0.3) is 0 Å². The molecule has 1 aliphatic heterocycles. The molecule has 8 heteroatoms. The van der Waals surface area contributed by atoms with Crippen LogP contribution in [-0.4, -0.2) is 45.5 Å². The third-order valence-electron chi connectivity index (χ3n) is 5.82. The van der Waals surface area contributed by atoms with E-state index in [1.807, 2.05) is 43.6 Å². The molecular weight excluding hydrogens is 354 g/mol. The highest BCUT2D eigenvalue weighted by Gasteiger charge is 2.49. The fourth-order valence-corrected chi connectivity index (χ4v) is 4.14. The smallest absolute Gasteiger partial charge is 0.226 e. The molecule has 8 nitrogen and oxygen atoms in total. The standard InChI is InChI=1S/C20H25N7O/c1-27-18-15(9-23-27)17(24-14-7-20(8-14)11-28-12-20)25-19(26-18)22-10-16(21)13-5-3-2-4-6-13/h2-6,9,14,16H,7-8,10-12,21H2,1H3,(H2,22,24,25,26). The summed E-state index contributed by atoms with van der Waals surface area (Å²) in [5.41, 5.74) is 8.59. The molecule has 3 heterocycles. The quantitative estimate of drug-likeness (QED) is 0.602. The number of nitrogens with two attached hydrogens (primary N) is 1. The Kier molecular flexibility index (Phi) is 4.17. The summed E-state index contributed by atoms with van der Waals surface area (Å²) in [7, 11) is 1.89. The van der Waals surface area contributed by atoms with Gasteiger partial charge in [-0.1, -0.05) is 30.3 Å². The maximum Gasteiger partial charge on any atom is 0.226 e. The first-order valence-electron chi connectivity index (χ1n) is 9.70. The second-order valence-electron chi connectivity index (χ2n) is 8.04. The molecule has 3 aromatic rings. The summed E-state index contributed by atoms with van der Waals surface area (Å²) < 4.78 is 7.14. The number of fused-ring (bicyclic) bond motifs is 1. The third-order valence-corrected chi connectivity index (χ3v) is 5.82. The first-order valence-corrected chi connectivity index (χ1v) is 9.70. The highest BCUT2D eigenvalue weighted by molar-refractivity contribution is 5.87. The minimum absolute atomic E-state index is 0.131. The molecule has 1 saturated heterocycles. The molecule has 1 unspecified atom stereocenters. The van der Waals surface area contributed by atoms with Gasteiger partial charge in [-0.25, -0.2) is 0 Å². The number of nitrogens with zero attached hydrogens (tertiary/aromatic N) is 4. The van der Waals surface area contributed by atoms with Crippen LogP contribution in [0.25, 0.3) is 11.0 Å². The minimum Gasteiger partial charge on any atom is -0.380 e. The minimum atomic E-state index is -0.131. The Hall–Kier alpha value is -2.71. The summed E-state index contributed by atoms with van der Waals surface area (Å²) in [4.78, 5) is 9.35. The summed E-state index contributed by atoms with van der Waals surface area (Å²) >= 11 is 0. The van der Waals surface area contributed by atoms with E-state index in [9.17, 15) is 0 Å². The zero-order valence-electron chi connectivity index (χ0n) is 15.9. The first kappa shape index (κ1) is 17.4. The van der Waals surface area contributed by atoms with E-state index in [1.54, 1.807) is 4.68 Å². The summed E-state index contributed by atoms with van der Waals surface area (Å²) in [5, 5.41) is 12.2. The Morgan fingerprint density at radius 2 is 2.04 bits per heavy atom. The molecule has 0 amide bonds. The number of aryl methyl sites for hydroxylation is 1. The van der Waals surface area contributed by atoms with Crippen LogP contribution in [0.4, 0.5) is 11.8 Å². The van der Waals surface area contributed by atoms with Crippen molar-refractivity contribution < 1.29 is 4.74 Å². The van der Waals surface area contributed by atoms with Crippen LogP contribution >= 0.6 is 0 Å². The lowest BCUT2D eigenvalue weighted by Gasteiger charge is -2.53. The number of rotatable bonds is 6. The van der Waals surface area contributed by atoms with E-state index in [1.165, 1.54) is 0 Å². The molecule has 2 aliphatic rings. The maximum absolute atomic E-state index is 6.30. The zero-order chi connectivity index (χ0) is 19.1. The molecule has 146 valence electrons. The summed E-state index contributed by atoms with van der Waals surface area (Å²) in [6, 6.07) is 10.3. The SMILES string of the molecule is Cn1ncc2c(NC3CC4(COC4)C3)nc(NCC(N)c3ccccc3)nc21. The van der Waals surface area contributed by atoms with Crippen molar-refractivity contribution in [3.8, 4) is 0 Å². The van der Waals surface area contributed by atoms with Crippen molar-refractivity contribution in [1.29, 1.82) is 0 Å². The van der Waals surface area contributed by atoms with Crippen molar-refractivity contribution in [1.82, 2.24) is 19.7 Å². The van der Waals surface area contributed by atoms with Crippen molar-refractivity contribution in [2.75, 3.05) is 30.4 Å². The van der Waals surface area contributed by atoms with Gasteiger partial charge in [0.1, 0.15) is 5.82 Å². The largest absolute Gasteiger partial charge is 0.380 e. The number of nitrogens with one attached hydrogen (secondary N) is 2. The summed E-state index contributed by atoms with van der Waals surface area (Å²) in [6.45, 7) is 2.33. The van der Waals surface area contributed by atoms with E-state index in [-0.39, 0.29) is 6.04 Å². The van der Waals surface area contributed by atoms with Gasteiger partial charge in [-0.05, 0) is 18.4 Å². The normalized spacial score (nSPS) is 19.2. The van der Waals surface area contributed by atoms with Gasteiger partial charge in [0.15, 0.2) is 5.65 Å². The Balaban J connectivity index is 1.33. The van der Waals surface area contributed by atoms with E-state index in [2.05, 4.69) is 20.7 Å². The average molecular weight is 379 g/mol. The van der Waals surface area contributed by atoms with Crippen molar-refractivity contribution in [3.05, 3.63) is 42.1 Å². The number of ether oxygens (including phenoxy) is 1. The lowest BCUT2D eigenvalue weighted by Crippen LogP contribution is -2.56. The Labute approximate surface area is 163 Å². The van der Waals surface area contributed by atoms with Crippen molar-refractivity contribution in [3.63, 3.8) is 0 Å². The summed E-state index contributed by atoms with van der Waals surface area (Å²) in [6.07, 6.45) is 4.07. The van der Waals surface area contributed by atoms with Gasteiger partial charge >= 0.3 is 0 Å². The number of hydrogen-bond donors (Lipinski definition) is 3. The van der Waals surface area contributed by atoms with E-state index in [0.29, 0.717) is 23.9 Å². The molecule has 1 atom stereocenters. The van der Waals surface area contributed by atoms with Crippen LogP contribution in [0.1, 0.15) is 24.4 Å². The van der Waals surface area contributed by atoms with Crippen LogP contribution in [-0.2, 0) is 11.8 Å². The highest BCUT2D eigenvalue weighted by atomic mass is 16.5. The molecule has 0 bridgehead atoms. The molecule has 1 spiro atoms. The second kappa shape index (κ2) is 6.72. The van der Waals surface area contributed by atoms with Crippen LogP contribution in [0.15, 0.2) is 36.5 Å². The van der Waals surface area contributed by atoms with Crippen LogP contribution in [0.5, 0.6) is 0 Å². The van der Waals surface area contributed by atoms with Crippen molar-refractivity contribution in [2.45, 2.75) is 24.9 Å². The molecule has 1 aromatic carbocycles. The molecular formula is C20H25N7O. The predicted octanol–water partition coefficient (Wildman–Crippen LogP) is 2.07. The fourth-order valence-electron chi connectivity index (χ4n) is 4.14. The van der Waals surface area contributed by atoms with Crippen LogP contribution in [0.3, 0.4) is 0 Å². The van der Waals surface area contributed by atoms with Gasteiger partial charge < -0.3 is 21.1 Å². The molecule has 4 N–H and O–H groups in total. The van der Waals surface area contributed by atoms with Crippen molar-refractivity contribution >= 4 is 22.8 Å². The van der Waals surface area contributed by atoms with E-state index >= 15 is 0 Å². The van der Waals surface area contributed by atoms with E-state index < -0.39 is 0 Å². The predicted molar refractivity (Wildman–Crippen MR) is 108 cm³/mol. The zero-order valence-corrected chi connectivity index (χ0v) is 15.9. The maximum atomic E-state index is 6.30. The van der Waals surface area contributed by atoms with Gasteiger partial charge in [0.05, 0.1) is 24.8 Å². The van der Waals surface area contributed by atoms with Crippen LogP contribution < -0.4 is 16.4 Å². The highest BCUT2D eigenvalue weighted by Crippen LogP contribution is 2.48. The lowest BCUT2D eigenvalue weighted by molar-refractivity contribution is -0.159. The Bertz CT molecular complexity index is 975. The van der Waals surface area contributed by atoms with E-state index in [0.717, 1.165) is 48.5 Å². The summed E-state index contributed by atoms with van der Waals surface area (Å²) in [5.74, 6) is 1.39. The molecule has 2 aromatic heterocycles. The molecule has 5 rings (SSSR count). The Morgan fingerprint density at radius 3 is 2.75 bits per heavy atom. The van der Waals surface area contributed by atoms with Crippen LogP contribution in [0, 0.1) is 5.41 Å². The lowest BCUT2D eigenvalue weighted by atomic mass is 9.64. The Morgan fingerprint density at radius 1 is 1.25 bits per heavy atom. The van der Waals surface area contributed by atoms with Gasteiger partial charge in [-0.15, -0.1) is 0 Å². The van der Waals surface area contributed by atoms with Gasteiger partial charge in [-0.2, -0.15) is 15.1 Å². The molecule has 1 aliphatic carbocycles. The van der Waals surface area contributed by atoms with Crippen molar-refractivity contribution in [2.24, 2.45) is 18.2 Å². The first-order chi connectivity index (χ1) is 13.6.